The molecule has 3 nitrogen and oxygen atoms in total. The first-order valence-electron chi connectivity index (χ1n) is 5.06. The zero-order valence-corrected chi connectivity index (χ0v) is 9.51. The molecule has 0 unspecified atom stereocenters. The highest BCUT2D eigenvalue weighted by Crippen LogP contribution is 2.25. The molecule has 0 spiro atoms. The molecule has 0 saturated heterocycles. The Balaban J connectivity index is 2.12. The van der Waals surface area contributed by atoms with Gasteiger partial charge in [-0.3, -0.25) is 4.99 Å². The summed E-state index contributed by atoms with van der Waals surface area (Å²) in [5.74, 6) is 1.95. The summed E-state index contributed by atoms with van der Waals surface area (Å²) in [7, 11) is 0. The van der Waals surface area contributed by atoms with Crippen LogP contribution in [0.2, 0.25) is 0 Å². The largest absolute Gasteiger partial charge is 0.492 e. The van der Waals surface area contributed by atoms with Gasteiger partial charge in [-0.25, -0.2) is 0 Å². The summed E-state index contributed by atoms with van der Waals surface area (Å²) < 4.78 is 5.52. The van der Waals surface area contributed by atoms with Crippen LogP contribution in [0.15, 0.2) is 29.3 Å². The number of para-hydroxylation sites is 2. The molecule has 1 aliphatic heterocycles. The fourth-order valence-electron chi connectivity index (χ4n) is 1.38. The minimum Gasteiger partial charge on any atom is -0.492 e. The quantitative estimate of drug-likeness (QED) is 0.853. The number of anilines is 1. The van der Waals surface area contributed by atoms with E-state index in [9.17, 15) is 0 Å². The average molecular weight is 222 g/mol. The van der Waals surface area contributed by atoms with Gasteiger partial charge in [0, 0.05) is 5.75 Å². The van der Waals surface area contributed by atoms with Crippen LogP contribution >= 0.6 is 11.8 Å². The van der Waals surface area contributed by atoms with Gasteiger partial charge in [-0.2, -0.15) is 0 Å². The van der Waals surface area contributed by atoms with Gasteiger partial charge in [-0.15, -0.1) is 0 Å². The summed E-state index contributed by atoms with van der Waals surface area (Å²) in [6, 6.07) is 7.93. The van der Waals surface area contributed by atoms with Gasteiger partial charge >= 0.3 is 0 Å². The summed E-state index contributed by atoms with van der Waals surface area (Å²) in [5, 5.41) is 4.27. The lowest BCUT2D eigenvalue weighted by Gasteiger charge is -2.11. The van der Waals surface area contributed by atoms with Crippen LogP contribution in [0.25, 0.3) is 0 Å². The molecule has 0 radical (unpaired) electrons. The number of thioether (sulfide) groups is 1. The maximum Gasteiger partial charge on any atom is 0.161 e. The molecule has 0 amide bonds. The molecular formula is C11H14N2OS. The first kappa shape index (κ1) is 10.4. The van der Waals surface area contributed by atoms with E-state index < -0.39 is 0 Å². The van der Waals surface area contributed by atoms with Crippen LogP contribution in [0.3, 0.4) is 0 Å². The first-order valence-corrected chi connectivity index (χ1v) is 6.05. The van der Waals surface area contributed by atoms with E-state index in [2.05, 4.69) is 10.3 Å². The predicted molar refractivity (Wildman–Crippen MR) is 66.0 cm³/mol. The third-order valence-electron chi connectivity index (χ3n) is 2.01. The van der Waals surface area contributed by atoms with E-state index in [1.54, 1.807) is 11.8 Å². The second-order valence-electron chi connectivity index (χ2n) is 3.09. The zero-order valence-electron chi connectivity index (χ0n) is 8.69. The Morgan fingerprint density at radius 2 is 2.33 bits per heavy atom. The molecule has 1 N–H and O–H groups in total. The number of nitrogens with one attached hydrogen (secondary N) is 1. The molecular weight excluding hydrogens is 208 g/mol. The molecule has 0 fully saturated rings. The number of hydrogen-bond acceptors (Lipinski definition) is 4. The minimum absolute atomic E-state index is 0.679. The van der Waals surface area contributed by atoms with Gasteiger partial charge in [-0.1, -0.05) is 23.9 Å². The van der Waals surface area contributed by atoms with Crippen molar-refractivity contribution in [2.24, 2.45) is 4.99 Å². The summed E-state index contributed by atoms with van der Waals surface area (Å²) in [5.41, 5.74) is 0.993. The number of aliphatic imine (C=N–C) groups is 1. The fraction of sp³-hybridized carbons (Fsp3) is 0.364. The Bertz CT molecular complexity index is 365. The summed E-state index contributed by atoms with van der Waals surface area (Å²) >= 11 is 1.75. The zero-order chi connectivity index (χ0) is 10.5. The third-order valence-corrected chi connectivity index (χ3v) is 2.91. The van der Waals surface area contributed by atoms with E-state index in [1.165, 1.54) is 0 Å². The topological polar surface area (TPSA) is 33.6 Å². The standard InChI is InChI=1S/C11H14N2OS/c1-2-14-10-6-4-3-5-9(10)13-11-12-7-8-15-11/h3-6H,2,7-8H2,1H3,(H,12,13). The maximum atomic E-state index is 5.52. The van der Waals surface area contributed by atoms with Crippen LogP contribution in [0.5, 0.6) is 5.75 Å². The van der Waals surface area contributed by atoms with Crippen molar-refractivity contribution in [2.45, 2.75) is 6.92 Å². The van der Waals surface area contributed by atoms with Crippen molar-refractivity contribution in [3.63, 3.8) is 0 Å². The smallest absolute Gasteiger partial charge is 0.161 e. The summed E-state index contributed by atoms with van der Waals surface area (Å²) in [6.07, 6.45) is 0. The molecule has 1 heterocycles. The van der Waals surface area contributed by atoms with Crippen molar-refractivity contribution < 1.29 is 4.74 Å². The summed E-state index contributed by atoms with van der Waals surface area (Å²) in [4.78, 5) is 4.35. The monoisotopic (exact) mass is 222 g/mol. The maximum absolute atomic E-state index is 5.52. The minimum atomic E-state index is 0.679. The van der Waals surface area contributed by atoms with Crippen molar-refractivity contribution in [1.29, 1.82) is 0 Å². The van der Waals surface area contributed by atoms with Gasteiger partial charge in [-0.05, 0) is 19.1 Å². The molecule has 2 rings (SSSR count). The van der Waals surface area contributed by atoms with Gasteiger partial charge in [0.1, 0.15) is 5.75 Å². The lowest BCUT2D eigenvalue weighted by atomic mass is 10.3. The Hall–Kier alpha value is -1.16. The highest BCUT2D eigenvalue weighted by Gasteiger charge is 2.09. The molecule has 1 aromatic carbocycles. The molecule has 15 heavy (non-hydrogen) atoms. The molecule has 0 bridgehead atoms. The number of ether oxygens (including phenoxy) is 1. The highest BCUT2D eigenvalue weighted by molar-refractivity contribution is 8.14. The molecule has 4 heteroatoms. The van der Waals surface area contributed by atoms with Gasteiger partial charge in [0.15, 0.2) is 5.17 Å². The van der Waals surface area contributed by atoms with E-state index in [4.69, 9.17) is 4.74 Å². The molecule has 0 saturated carbocycles. The normalized spacial score (nSPS) is 14.9. The highest BCUT2D eigenvalue weighted by atomic mass is 32.2. The van der Waals surface area contributed by atoms with Crippen LogP contribution in [-0.2, 0) is 0 Å². The van der Waals surface area contributed by atoms with Crippen molar-refractivity contribution in [3.8, 4) is 5.75 Å². The Morgan fingerprint density at radius 1 is 1.47 bits per heavy atom. The number of benzene rings is 1. The first-order chi connectivity index (χ1) is 7.40. The Morgan fingerprint density at radius 3 is 3.07 bits per heavy atom. The second kappa shape index (κ2) is 5.07. The molecule has 0 aromatic heterocycles. The van der Waals surface area contributed by atoms with Gasteiger partial charge in [0.2, 0.25) is 0 Å². The number of hydrogen-bond donors (Lipinski definition) is 1. The van der Waals surface area contributed by atoms with E-state index in [1.807, 2.05) is 31.2 Å². The van der Waals surface area contributed by atoms with Crippen molar-refractivity contribution in [1.82, 2.24) is 0 Å². The van der Waals surface area contributed by atoms with Crippen LogP contribution in [-0.4, -0.2) is 24.1 Å². The van der Waals surface area contributed by atoms with Crippen molar-refractivity contribution in [3.05, 3.63) is 24.3 Å². The van der Waals surface area contributed by atoms with E-state index in [-0.39, 0.29) is 0 Å². The third kappa shape index (κ3) is 2.65. The van der Waals surface area contributed by atoms with Crippen LogP contribution in [0, 0.1) is 0 Å². The van der Waals surface area contributed by atoms with E-state index >= 15 is 0 Å². The van der Waals surface area contributed by atoms with Crippen molar-refractivity contribution >= 4 is 22.6 Å². The SMILES string of the molecule is CCOc1ccccc1NC1=NCCS1. The van der Waals surface area contributed by atoms with E-state index in [0.29, 0.717) is 6.61 Å². The van der Waals surface area contributed by atoms with Crippen LogP contribution in [0.4, 0.5) is 5.69 Å². The molecule has 1 aliphatic rings. The van der Waals surface area contributed by atoms with Crippen LogP contribution < -0.4 is 10.1 Å². The van der Waals surface area contributed by atoms with Gasteiger partial charge < -0.3 is 10.1 Å². The van der Waals surface area contributed by atoms with E-state index in [0.717, 1.165) is 28.9 Å². The average Bonchev–Trinajstić information content (AvgIpc) is 2.74. The Kier molecular flexibility index (Phi) is 3.50. The molecule has 0 atom stereocenters. The number of nitrogens with zero attached hydrogens (tertiary/aromatic N) is 1. The predicted octanol–water partition coefficient (Wildman–Crippen LogP) is 2.60. The molecule has 0 aliphatic carbocycles. The second-order valence-corrected chi connectivity index (χ2v) is 4.17. The van der Waals surface area contributed by atoms with Crippen LogP contribution in [0.1, 0.15) is 6.92 Å². The van der Waals surface area contributed by atoms with Crippen molar-refractivity contribution in [2.75, 3.05) is 24.2 Å². The Labute approximate surface area is 93.9 Å². The number of rotatable bonds is 3. The number of amidine groups is 1. The lowest BCUT2D eigenvalue weighted by molar-refractivity contribution is 0.342. The van der Waals surface area contributed by atoms with Gasteiger partial charge in [0.05, 0.1) is 18.8 Å². The fourth-order valence-corrected chi connectivity index (χ4v) is 2.12. The van der Waals surface area contributed by atoms with Gasteiger partial charge in [0.25, 0.3) is 0 Å². The molecule has 80 valence electrons. The lowest BCUT2D eigenvalue weighted by Crippen LogP contribution is -2.06. The summed E-state index contributed by atoms with van der Waals surface area (Å²) in [6.45, 7) is 3.57. The molecule has 1 aromatic rings.